The van der Waals surface area contributed by atoms with Crippen LogP contribution >= 0.6 is 0 Å². The number of benzene rings is 2. The van der Waals surface area contributed by atoms with Crippen molar-refractivity contribution in [3.05, 3.63) is 54.1 Å². The normalized spacial score (nSPS) is 11.3. The Labute approximate surface area is 133 Å². The second kappa shape index (κ2) is 6.93. The number of sulfone groups is 1. The van der Waals surface area contributed by atoms with Crippen LogP contribution in [0.25, 0.3) is 0 Å². The summed E-state index contributed by atoms with van der Waals surface area (Å²) < 4.78 is 29.5. The maximum absolute atomic E-state index is 12.0. The highest BCUT2D eigenvalue weighted by Gasteiger charge is 2.18. The molecule has 0 spiro atoms. The minimum absolute atomic E-state index is 0.0845. The van der Waals surface area contributed by atoms with Gasteiger partial charge in [-0.1, -0.05) is 18.2 Å². The number of carbonyl (C=O) groups is 1. The number of hydrogen-bond acceptors (Lipinski definition) is 6. The highest BCUT2D eigenvalue weighted by Crippen LogP contribution is 2.29. The summed E-state index contributed by atoms with van der Waals surface area (Å²) in [6, 6.07) is 12.9. The van der Waals surface area contributed by atoms with Crippen LogP contribution in [0.5, 0.6) is 11.5 Å². The van der Waals surface area contributed by atoms with E-state index in [0.29, 0.717) is 5.75 Å². The average molecular weight is 333 g/mol. The fourth-order valence-electron chi connectivity index (χ4n) is 1.82. The Morgan fingerprint density at radius 2 is 1.91 bits per heavy atom. The van der Waals surface area contributed by atoms with Crippen LogP contribution < -0.4 is 15.9 Å². The molecule has 0 saturated carbocycles. The summed E-state index contributed by atoms with van der Waals surface area (Å²) in [6.07, 6.45) is 2.06. The number of para-hydroxylation sites is 1. The topological polar surface area (TPSA) is 111 Å². The highest BCUT2D eigenvalue weighted by atomic mass is 32.2. The molecule has 0 aliphatic rings. The van der Waals surface area contributed by atoms with E-state index in [1.54, 1.807) is 24.3 Å². The summed E-state index contributed by atoms with van der Waals surface area (Å²) in [5, 5.41) is 5.45. The highest BCUT2D eigenvalue weighted by molar-refractivity contribution is 7.90. The number of nitrogens with zero attached hydrogens (tertiary/aromatic N) is 1. The Morgan fingerprint density at radius 1 is 1.22 bits per heavy atom. The Bertz CT molecular complexity index is 833. The van der Waals surface area contributed by atoms with Crippen molar-refractivity contribution in [2.75, 3.05) is 6.26 Å². The van der Waals surface area contributed by atoms with Crippen molar-refractivity contribution in [1.29, 1.82) is 0 Å². The zero-order chi connectivity index (χ0) is 16.9. The molecular weight excluding hydrogens is 318 g/mol. The molecule has 0 atom stereocenters. The van der Waals surface area contributed by atoms with Gasteiger partial charge in [-0.05, 0) is 30.3 Å². The summed E-state index contributed by atoms with van der Waals surface area (Å²) in [4.78, 5) is 11.8. The van der Waals surface area contributed by atoms with Gasteiger partial charge in [0.05, 0.1) is 0 Å². The lowest BCUT2D eigenvalue weighted by molar-refractivity contribution is 0.0978. The zero-order valence-electron chi connectivity index (χ0n) is 12.3. The van der Waals surface area contributed by atoms with E-state index in [0.717, 1.165) is 12.6 Å². The second-order valence-electron chi connectivity index (χ2n) is 4.60. The molecule has 120 valence electrons. The molecule has 0 aliphatic carbocycles. The molecule has 2 aromatic rings. The number of amides is 1. The Kier molecular flexibility index (Phi) is 4.97. The van der Waals surface area contributed by atoms with Crippen LogP contribution in [0.1, 0.15) is 10.4 Å². The van der Waals surface area contributed by atoms with Crippen molar-refractivity contribution in [3.8, 4) is 11.5 Å². The molecule has 7 nitrogen and oxygen atoms in total. The largest absolute Gasteiger partial charge is 0.456 e. The van der Waals surface area contributed by atoms with E-state index >= 15 is 0 Å². The van der Waals surface area contributed by atoms with Gasteiger partial charge in [0.15, 0.2) is 9.84 Å². The van der Waals surface area contributed by atoms with Gasteiger partial charge >= 0.3 is 0 Å². The van der Waals surface area contributed by atoms with E-state index in [4.69, 9.17) is 10.6 Å². The third-order valence-corrected chi connectivity index (χ3v) is 3.96. The van der Waals surface area contributed by atoms with Crippen molar-refractivity contribution in [1.82, 2.24) is 5.32 Å². The molecule has 2 rings (SSSR count). The van der Waals surface area contributed by atoms with Gasteiger partial charge in [-0.2, -0.15) is 5.10 Å². The molecule has 0 saturated heterocycles. The number of carbonyl (C=O) groups excluding carboxylic acids is 1. The minimum atomic E-state index is -3.59. The van der Waals surface area contributed by atoms with E-state index in [-0.39, 0.29) is 16.2 Å². The number of hydrogen-bond donors (Lipinski definition) is 2. The van der Waals surface area contributed by atoms with Crippen molar-refractivity contribution in [2.24, 2.45) is 10.9 Å². The van der Waals surface area contributed by atoms with Crippen LogP contribution in [0.15, 0.2) is 58.5 Å². The first-order chi connectivity index (χ1) is 10.9. The summed E-state index contributed by atoms with van der Waals surface area (Å²) in [5.74, 6) is 5.00. The first kappa shape index (κ1) is 16.5. The van der Waals surface area contributed by atoms with Crippen LogP contribution in [0, 0.1) is 0 Å². The lowest BCUT2D eigenvalue weighted by atomic mass is 10.2. The standard InChI is InChI=1S/C15H15N3O4S/c1-23(20,21)14-9-11(15(19)17-10-18-16)7-8-13(14)22-12-5-3-2-4-6-12/h2-10H,16H2,1H3,(H,17,18,19). The lowest BCUT2D eigenvalue weighted by Crippen LogP contribution is -2.22. The summed E-state index contributed by atoms with van der Waals surface area (Å²) in [6.45, 7) is 0. The number of ether oxygens (including phenoxy) is 1. The van der Waals surface area contributed by atoms with Crippen LogP contribution in [-0.2, 0) is 9.84 Å². The number of nitrogens with two attached hydrogens (primary N) is 1. The first-order valence-electron chi connectivity index (χ1n) is 6.51. The molecule has 0 aliphatic heterocycles. The van der Waals surface area contributed by atoms with Gasteiger partial charge in [0, 0.05) is 11.8 Å². The second-order valence-corrected chi connectivity index (χ2v) is 6.58. The maximum atomic E-state index is 12.0. The Morgan fingerprint density at radius 3 is 2.52 bits per heavy atom. The van der Waals surface area contributed by atoms with Crippen LogP contribution in [0.2, 0.25) is 0 Å². The Hall–Kier alpha value is -2.87. The SMILES string of the molecule is CS(=O)(=O)c1cc(C(=O)NC=NN)ccc1Oc1ccccc1. The number of rotatable bonds is 5. The average Bonchev–Trinajstić information content (AvgIpc) is 2.53. The molecule has 0 unspecified atom stereocenters. The van der Waals surface area contributed by atoms with Gasteiger partial charge in [-0.25, -0.2) is 8.42 Å². The lowest BCUT2D eigenvalue weighted by Gasteiger charge is -2.11. The molecule has 0 fully saturated rings. The van der Waals surface area contributed by atoms with E-state index in [1.165, 1.54) is 18.2 Å². The molecule has 8 heteroatoms. The Balaban J connectivity index is 2.42. The van der Waals surface area contributed by atoms with Gasteiger partial charge in [0.1, 0.15) is 22.7 Å². The smallest absolute Gasteiger partial charge is 0.256 e. The van der Waals surface area contributed by atoms with E-state index in [1.807, 2.05) is 6.07 Å². The van der Waals surface area contributed by atoms with Crippen molar-refractivity contribution >= 4 is 22.1 Å². The van der Waals surface area contributed by atoms with Crippen LogP contribution in [0.4, 0.5) is 0 Å². The molecule has 3 N–H and O–H groups in total. The summed E-state index contributed by atoms with van der Waals surface area (Å²) in [5.41, 5.74) is 0.144. The summed E-state index contributed by atoms with van der Waals surface area (Å²) >= 11 is 0. The van der Waals surface area contributed by atoms with Gasteiger partial charge in [0.25, 0.3) is 5.91 Å². The van der Waals surface area contributed by atoms with Gasteiger partial charge in [-0.15, -0.1) is 0 Å². The minimum Gasteiger partial charge on any atom is -0.456 e. The molecule has 2 aromatic carbocycles. The predicted octanol–water partition coefficient (Wildman–Crippen LogP) is 1.51. The van der Waals surface area contributed by atoms with E-state index < -0.39 is 15.7 Å². The van der Waals surface area contributed by atoms with E-state index in [9.17, 15) is 13.2 Å². The fraction of sp³-hybridized carbons (Fsp3) is 0.0667. The number of nitrogens with one attached hydrogen (secondary N) is 1. The van der Waals surface area contributed by atoms with Crippen molar-refractivity contribution < 1.29 is 17.9 Å². The van der Waals surface area contributed by atoms with Gasteiger partial charge in [-0.3, -0.25) is 4.79 Å². The summed E-state index contributed by atoms with van der Waals surface area (Å²) in [7, 11) is -3.59. The third kappa shape index (κ3) is 4.30. The maximum Gasteiger partial charge on any atom is 0.256 e. The molecule has 23 heavy (non-hydrogen) atoms. The quantitative estimate of drug-likeness (QED) is 0.373. The fourth-order valence-corrected chi connectivity index (χ4v) is 2.63. The monoisotopic (exact) mass is 333 g/mol. The van der Waals surface area contributed by atoms with Gasteiger partial charge in [0.2, 0.25) is 0 Å². The molecule has 1 amide bonds. The van der Waals surface area contributed by atoms with Crippen molar-refractivity contribution in [2.45, 2.75) is 4.90 Å². The zero-order valence-corrected chi connectivity index (χ0v) is 13.1. The molecular formula is C15H15N3O4S. The molecule has 0 aromatic heterocycles. The van der Waals surface area contributed by atoms with E-state index in [2.05, 4.69) is 10.4 Å². The van der Waals surface area contributed by atoms with Crippen LogP contribution in [-0.4, -0.2) is 26.9 Å². The van der Waals surface area contributed by atoms with Crippen LogP contribution in [0.3, 0.4) is 0 Å². The first-order valence-corrected chi connectivity index (χ1v) is 8.40. The predicted molar refractivity (Wildman–Crippen MR) is 86.2 cm³/mol. The molecule has 0 radical (unpaired) electrons. The van der Waals surface area contributed by atoms with Gasteiger partial charge < -0.3 is 15.9 Å². The van der Waals surface area contributed by atoms with Crippen molar-refractivity contribution in [3.63, 3.8) is 0 Å². The molecule has 0 bridgehead atoms. The third-order valence-electron chi connectivity index (χ3n) is 2.85. The number of hydrazone groups is 1. The molecule has 0 heterocycles.